The van der Waals surface area contributed by atoms with Crippen LogP contribution in [0.25, 0.3) is 10.8 Å². The van der Waals surface area contributed by atoms with Gasteiger partial charge in [-0.25, -0.2) is 18.2 Å². The van der Waals surface area contributed by atoms with Gasteiger partial charge in [0.05, 0.1) is 25.0 Å². The van der Waals surface area contributed by atoms with Gasteiger partial charge in [-0.15, -0.1) is 6.58 Å². The van der Waals surface area contributed by atoms with Gasteiger partial charge in [0.15, 0.2) is 0 Å². The lowest BCUT2D eigenvalue weighted by Gasteiger charge is -2.35. The monoisotopic (exact) mass is 839 g/mol. The minimum atomic E-state index is -3.98. The quantitative estimate of drug-likeness (QED) is 0.227. The van der Waals surface area contributed by atoms with E-state index in [1.165, 1.54) is 11.0 Å². The number of nitrogens with one attached hydrogen (secondary N) is 3. The highest BCUT2D eigenvalue weighted by Gasteiger charge is 2.47. The van der Waals surface area contributed by atoms with Crippen molar-refractivity contribution in [1.29, 1.82) is 0 Å². The normalized spacial score (nSPS) is 23.2. The number of hydrogen-bond acceptors (Lipinski definition) is 10. The molecule has 1 saturated carbocycles. The summed E-state index contributed by atoms with van der Waals surface area (Å²) in [6, 6.07) is 2.21. The largest absolute Gasteiger partial charge is 0.472 e. The van der Waals surface area contributed by atoms with E-state index in [4.69, 9.17) is 9.47 Å². The van der Waals surface area contributed by atoms with Crippen molar-refractivity contribution in [3.05, 3.63) is 46.2 Å². The first-order chi connectivity index (χ1) is 24.1. The Morgan fingerprint density at radius 2 is 1.94 bits per heavy atom. The minimum Gasteiger partial charge on any atom is -0.472 e. The third kappa shape index (κ3) is 9.30. The van der Waals surface area contributed by atoms with Gasteiger partial charge < -0.3 is 30.1 Å². The third-order valence-corrected chi connectivity index (χ3v) is 12.2. The topological polar surface area (TPSA) is 193 Å². The lowest BCUT2D eigenvalue weighted by Crippen LogP contribution is -2.60. The number of aliphatic hydroxyl groups excluding tert-OH is 1. The molecule has 5 rings (SSSR count). The number of nitrogens with zero attached hydrogens (tertiary/aromatic N) is 2. The van der Waals surface area contributed by atoms with E-state index in [-0.39, 0.29) is 19.6 Å². The Hall–Kier alpha value is -3.51. The first-order valence-electron chi connectivity index (χ1n) is 17.2. The van der Waals surface area contributed by atoms with Gasteiger partial charge in [-0.2, -0.15) is 0 Å². The summed E-state index contributed by atoms with van der Waals surface area (Å²) in [6.07, 6.45) is 5.32. The van der Waals surface area contributed by atoms with Crippen LogP contribution in [0.2, 0.25) is 0 Å². The van der Waals surface area contributed by atoms with E-state index >= 15 is 0 Å². The molecule has 2 aliphatic heterocycles. The predicted molar refractivity (Wildman–Crippen MR) is 197 cm³/mol. The molecule has 4 amide bonds. The number of aromatic nitrogens is 1. The lowest BCUT2D eigenvalue weighted by molar-refractivity contribution is -0.142. The molecule has 0 radical (unpaired) electrons. The van der Waals surface area contributed by atoms with Gasteiger partial charge in [0.25, 0.3) is 5.91 Å². The number of halogens is 1. The molecule has 1 unspecified atom stereocenters. The summed E-state index contributed by atoms with van der Waals surface area (Å²) in [5, 5.41) is 16.4. The predicted octanol–water partition coefficient (Wildman–Crippen LogP) is 2.94. The number of sulfonamides is 1. The maximum Gasteiger partial charge on any atom is 0.407 e. The molecule has 4 N–H and O–H groups in total. The summed E-state index contributed by atoms with van der Waals surface area (Å²) in [4.78, 5) is 60.7. The fourth-order valence-corrected chi connectivity index (χ4v) is 8.59. The number of rotatable bonds is 8. The Kier molecular flexibility index (Phi) is 12.2. The van der Waals surface area contributed by atoms with E-state index in [9.17, 15) is 32.7 Å². The van der Waals surface area contributed by atoms with Crippen LogP contribution >= 0.6 is 22.6 Å². The zero-order valence-electron chi connectivity index (χ0n) is 29.0. The molecule has 1 saturated heterocycles. The first kappa shape index (κ1) is 38.7. The highest BCUT2D eigenvalue weighted by atomic mass is 127. The van der Waals surface area contributed by atoms with Crippen LogP contribution in [-0.4, -0.2) is 96.5 Å². The van der Waals surface area contributed by atoms with Crippen LogP contribution in [0.5, 0.6) is 5.88 Å². The number of hydrogen-bond donors (Lipinski definition) is 4. The van der Waals surface area contributed by atoms with Crippen molar-refractivity contribution in [2.75, 3.05) is 19.8 Å². The molecule has 2 aromatic rings. The maximum atomic E-state index is 14.4. The standard InChI is InChI=1S/C35H46IN5O9S/c1-5-21(19-42)28(31(44)40-51(47,48)23-10-11-23)38-30(43)27-17-22-18-41(27)33(45)29(35(2,3)4)39-34(46)49-14-8-6-7-9-20-15-25-24(26(36)16-20)12-13-37-32(25)50-22/h5,12-13,15-16,21-23,27-29,42H,1,6-11,14,17-19H2,2-4H3,(H,38,43)(H,39,46)(H,40,44)/t21-,22-,27+,28?,29-/m1/s1. The molecule has 1 aromatic heterocycles. The number of fused-ring (bicyclic) bond motifs is 3. The fraction of sp³-hybridized carbons (Fsp3) is 0.571. The van der Waals surface area contributed by atoms with Gasteiger partial charge in [-0.3, -0.25) is 19.1 Å². The smallest absolute Gasteiger partial charge is 0.407 e. The molecular weight excluding hydrogens is 793 g/mol. The molecule has 278 valence electrons. The maximum absolute atomic E-state index is 14.4. The second-order valence-electron chi connectivity index (χ2n) is 14.4. The molecule has 1 aromatic carbocycles. The Morgan fingerprint density at radius 1 is 1.20 bits per heavy atom. The minimum absolute atomic E-state index is 0.0136. The van der Waals surface area contributed by atoms with E-state index in [0.717, 1.165) is 39.2 Å². The zero-order chi connectivity index (χ0) is 37.1. The number of aryl methyl sites for hydroxylation is 1. The highest BCUT2D eigenvalue weighted by molar-refractivity contribution is 14.1. The van der Waals surface area contributed by atoms with Gasteiger partial charge in [0, 0.05) is 32.9 Å². The van der Waals surface area contributed by atoms with Crippen LogP contribution in [0.1, 0.15) is 64.9 Å². The van der Waals surface area contributed by atoms with Gasteiger partial charge in [-0.1, -0.05) is 26.8 Å². The van der Waals surface area contributed by atoms with E-state index in [1.54, 1.807) is 27.0 Å². The number of alkyl carbamates (subject to hydrolysis) is 1. The average molecular weight is 840 g/mol. The third-order valence-electron chi connectivity index (χ3n) is 9.43. The number of carbonyl (C=O) groups is 4. The van der Waals surface area contributed by atoms with E-state index in [1.807, 2.05) is 16.9 Å². The molecule has 3 aliphatic rings. The van der Waals surface area contributed by atoms with Crippen molar-refractivity contribution in [2.24, 2.45) is 11.3 Å². The summed E-state index contributed by atoms with van der Waals surface area (Å²) >= 11 is 2.28. The van der Waals surface area contributed by atoms with Crippen molar-refractivity contribution in [3.8, 4) is 5.88 Å². The number of amides is 4. The summed E-state index contributed by atoms with van der Waals surface area (Å²) in [7, 11) is -3.98. The number of carbonyl (C=O) groups excluding carboxylic acids is 4. The Bertz CT molecular complexity index is 1780. The zero-order valence-corrected chi connectivity index (χ0v) is 32.0. The van der Waals surface area contributed by atoms with Gasteiger partial charge in [0.1, 0.15) is 24.2 Å². The Balaban J connectivity index is 1.51. The molecule has 14 nitrogen and oxygen atoms in total. The molecule has 0 spiro atoms. The lowest BCUT2D eigenvalue weighted by atomic mass is 9.85. The molecule has 51 heavy (non-hydrogen) atoms. The molecule has 2 fully saturated rings. The second-order valence-corrected chi connectivity index (χ2v) is 17.6. The van der Waals surface area contributed by atoms with Crippen LogP contribution in [0.4, 0.5) is 4.79 Å². The van der Waals surface area contributed by atoms with Crippen molar-refractivity contribution in [3.63, 3.8) is 0 Å². The fourth-order valence-electron chi connectivity index (χ4n) is 6.39. The van der Waals surface area contributed by atoms with Gasteiger partial charge in [0.2, 0.25) is 27.7 Å². The Labute approximate surface area is 311 Å². The van der Waals surface area contributed by atoms with E-state index in [2.05, 4.69) is 50.9 Å². The number of cyclic esters (lactones) is 1. The Morgan fingerprint density at radius 3 is 2.61 bits per heavy atom. The van der Waals surface area contributed by atoms with Crippen LogP contribution < -0.4 is 20.1 Å². The molecular formula is C35H46IN5O9S. The van der Waals surface area contributed by atoms with Crippen LogP contribution in [-0.2, 0) is 35.6 Å². The number of benzene rings is 1. The number of pyridine rings is 1. The summed E-state index contributed by atoms with van der Waals surface area (Å²) in [5.74, 6) is -3.08. The van der Waals surface area contributed by atoms with E-state index < -0.39 is 81.3 Å². The second kappa shape index (κ2) is 16.0. The molecule has 3 heterocycles. The SMILES string of the molecule is C=C[C@H](CO)C(NC(=O)[C@@H]1C[C@@H]2CN1C(=O)[C@H](C(C)(C)C)NC(=O)OCCCCCc1cc(I)c3ccnc(c3c1)O2)C(=O)NS(=O)(=O)C1CC1. The number of aliphatic hydroxyl groups is 1. The van der Waals surface area contributed by atoms with Crippen molar-refractivity contribution in [2.45, 2.75) is 95.2 Å². The summed E-state index contributed by atoms with van der Waals surface area (Å²) < 4.78 is 40.2. The van der Waals surface area contributed by atoms with Gasteiger partial charge >= 0.3 is 6.09 Å². The van der Waals surface area contributed by atoms with Crippen molar-refractivity contribution < 1.29 is 42.2 Å². The highest BCUT2D eigenvalue weighted by Crippen LogP contribution is 2.33. The molecule has 4 bridgehead atoms. The summed E-state index contributed by atoms with van der Waals surface area (Å²) in [6.45, 7) is 8.46. The molecule has 1 aliphatic carbocycles. The average Bonchev–Trinajstić information content (AvgIpc) is 3.85. The molecule has 16 heteroatoms. The van der Waals surface area contributed by atoms with Crippen LogP contribution in [0, 0.1) is 14.9 Å². The summed E-state index contributed by atoms with van der Waals surface area (Å²) in [5.41, 5.74) is 0.276. The van der Waals surface area contributed by atoms with Crippen molar-refractivity contribution >= 4 is 67.2 Å². The van der Waals surface area contributed by atoms with Crippen molar-refractivity contribution in [1.82, 2.24) is 25.2 Å². The van der Waals surface area contributed by atoms with E-state index in [0.29, 0.717) is 25.1 Å². The van der Waals surface area contributed by atoms with Crippen LogP contribution in [0.15, 0.2) is 37.1 Å². The number of ether oxygens (including phenoxy) is 2. The first-order valence-corrected chi connectivity index (χ1v) is 19.8. The van der Waals surface area contributed by atoms with Gasteiger partial charge in [-0.05, 0) is 90.3 Å². The van der Waals surface area contributed by atoms with Crippen LogP contribution in [0.3, 0.4) is 0 Å². The molecule has 5 atom stereocenters.